The average molecular weight is 362 g/mol. The number of hydrogen-bond donors (Lipinski definition) is 2. The van der Waals surface area contributed by atoms with Crippen molar-refractivity contribution in [3.8, 4) is 0 Å². The zero-order chi connectivity index (χ0) is 16.9. The number of halogens is 2. The second-order valence-electron chi connectivity index (χ2n) is 5.07. The van der Waals surface area contributed by atoms with Crippen LogP contribution in [0, 0.1) is 0 Å². The Morgan fingerprint density at radius 2 is 1.88 bits per heavy atom. The van der Waals surface area contributed by atoms with E-state index in [1.807, 2.05) is 12.1 Å². The summed E-state index contributed by atoms with van der Waals surface area (Å²) in [6.45, 7) is 0.509. The zero-order valence-electron chi connectivity index (χ0n) is 12.5. The molecule has 0 aliphatic rings. The third kappa shape index (κ3) is 4.10. The van der Waals surface area contributed by atoms with Crippen LogP contribution in [0.1, 0.15) is 16.8 Å². The maximum absolute atomic E-state index is 12.2. The van der Waals surface area contributed by atoms with Crippen molar-refractivity contribution in [1.29, 1.82) is 0 Å². The molecule has 0 spiro atoms. The second-order valence-corrected chi connectivity index (χ2v) is 5.91. The number of anilines is 1. The van der Waals surface area contributed by atoms with Gasteiger partial charge in [0, 0.05) is 35.4 Å². The molecular weight excluding hydrogens is 349 g/mol. The fourth-order valence-electron chi connectivity index (χ4n) is 2.09. The molecule has 0 radical (unpaired) electrons. The molecule has 2 heterocycles. The standard InChI is InChI=1S/C16H13Cl2N5O/c17-12-2-1-11(13(18)8-12)7-14-15(24)21-16(23-22-14)20-9-10-3-5-19-6-4-10/h1-6,8H,7,9H2,(H2,20,21,23,24). The number of benzene rings is 1. The molecule has 0 saturated carbocycles. The fraction of sp³-hybridized carbons (Fsp3) is 0.125. The number of H-pyrrole nitrogens is 1. The summed E-state index contributed by atoms with van der Waals surface area (Å²) in [7, 11) is 0. The summed E-state index contributed by atoms with van der Waals surface area (Å²) in [6.07, 6.45) is 3.68. The predicted octanol–water partition coefficient (Wildman–Crippen LogP) is 3.07. The SMILES string of the molecule is O=c1[nH]c(NCc2ccncc2)nnc1Cc1ccc(Cl)cc1Cl. The van der Waals surface area contributed by atoms with Gasteiger partial charge in [-0.1, -0.05) is 29.3 Å². The molecule has 0 aliphatic carbocycles. The predicted molar refractivity (Wildman–Crippen MR) is 93.5 cm³/mol. The number of nitrogens with one attached hydrogen (secondary N) is 2. The normalized spacial score (nSPS) is 10.6. The van der Waals surface area contributed by atoms with Crippen molar-refractivity contribution in [2.75, 3.05) is 5.32 Å². The van der Waals surface area contributed by atoms with Crippen LogP contribution in [0.4, 0.5) is 5.95 Å². The van der Waals surface area contributed by atoms with E-state index in [1.165, 1.54) is 0 Å². The van der Waals surface area contributed by atoms with Crippen molar-refractivity contribution in [2.24, 2.45) is 0 Å². The van der Waals surface area contributed by atoms with Gasteiger partial charge in [-0.15, -0.1) is 10.2 Å². The Hall–Kier alpha value is -2.44. The molecule has 2 aromatic heterocycles. The molecule has 0 atom stereocenters. The van der Waals surface area contributed by atoms with Crippen molar-refractivity contribution in [1.82, 2.24) is 20.2 Å². The van der Waals surface area contributed by atoms with Gasteiger partial charge in [-0.25, -0.2) is 0 Å². The smallest absolute Gasteiger partial charge is 0.274 e. The quantitative estimate of drug-likeness (QED) is 0.729. The summed E-state index contributed by atoms with van der Waals surface area (Å²) in [5.41, 5.74) is 1.75. The van der Waals surface area contributed by atoms with Gasteiger partial charge >= 0.3 is 0 Å². The molecule has 0 unspecified atom stereocenters. The summed E-state index contributed by atoms with van der Waals surface area (Å²) in [5, 5.41) is 12.0. The Morgan fingerprint density at radius 3 is 2.58 bits per heavy atom. The average Bonchev–Trinajstić information content (AvgIpc) is 2.58. The number of nitrogens with zero attached hydrogens (tertiary/aromatic N) is 3. The Labute approximate surface area is 147 Å². The summed E-state index contributed by atoms with van der Waals surface area (Å²) in [6, 6.07) is 8.85. The Balaban J connectivity index is 1.71. The molecule has 0 amide bonds. The minimum absolute atomic E-state index is 0.281. The summed E-state index contributed by atoms with van der Waals surface area (Å²) in [4.78, 5) is 18.8. The van der Waals surface area contributed by atoms with Gasteiger partial charge in [-0.2, -0.15) is 0 Å². The maximum atomic E-state index is 12.2. The minimum atomic E-state index is -0.312. The number of rotatable bonds is 5. The van der Waals surface area contributed by atoms with E-state index in [4.69, 9.17) is 23.2 Å². The van der Waals surface area contributed by atoms with Crippen LogP contribution in [-0.2, 0) is 13.0 Å². The molecule has 2 N–H and O–H groups in total. The minimum Gasteiger partial charge on any atom is -0.350 e. The highest BCUT2D eigenvalue weighted by atomic mass is 35.5. The highest BCUT2D eigenvalue weighted by molar-refractivity contribution is 6.35. The van der Waals surface area contributed by atoms with Gasteiger partial charge in [-0.3, -0.25) is 14.8 Å². The van der Waals surface area contributed by atoms with Crippen molar-refractivity contribution in [3.63, 3.8) is 0 Å². The van der Waals surface area contributed by atoms with Crippen LogP contribution < -0.4 is 10.9 Å². The number of aromatic amines is 1. The molecule has 8 heteroatoms. The van der Waals surface area contributed by atoms with Crippen molar-refractivity contribution in [2.45, 2.75) is 13.0 Å². The number of pyridine rings is 1. The van der Waals surface area contributed by atoms with Crippen LogP contribution in [0.15, 0.2) is 47.5 Å². The zero-order valence-corrected chi connectivity index (χ0v) is 14.0. The van der Waals surface area contributed by atoms with Gasteiger partial charge in [0.1, 0.15) is 5.69 Å². The summed E-state index contributed by atoms with van der Waals surface area (Å²) < 4.78 is 0. The van der Waals surface area contributed by atoms with Crippen LogP contribution in [0.3, 0.4) is 0 Å². The molecule has 24 heavy (non-hydrogen) atoms. The van der Waals surface area contributed by atoms with E-state index >= 15 is 0 Å². The first-order valence-corrected chi connectivity index (χ1v) is 7.90. The molecule has 0 saturated heterocycles. The van der Waals surface area contributed by atoms with Gasteiger partial charge in [0.05, 0.1) is 0 Å². The number of hydrogen-bond acceptors (Lipinski definition) is 5. The monoisotopic (exact) mass is 361 g/mol. The molecule has 3 aromatic rings. The molecule has 6 nitrogen and oxygen atoms in total. The van der Waals surface area contributed by atoms with Crippen LogP contribution in [0.2, 0.25) is 10.0 Å². The summed E-state index contributed by atoms with van der Waals surface area (Å²) >= 11 is 12.0. The largest absolute Gasteiger partial charge is 0.350 e. The fourth-order valence-corrected chi connectivity index (χ4v) is 2.56. The molecule has 122 valence electrons. The molecule has 1 aromatic carbocycles. The van der Waals surface area contributed by atoms with Crippen LogP contribution in [0.25, 0.3) is 0 Å². The second kappa shape index (κ2) is 7.42. The first-order valence-electron chi connectivity index (χ1n) is 7.14. The first kappa shape index (κ1) is 16.4. The van der Waals surface area contributed by atoms with Gasteiger partial charge < -0.3 is 5.32 Å². The number of aromatic nitrogens is 4. The Bertz CT molecular complexity index is 898. The highest BCUT2D eigenvalue weighted by Gasteiger charge is 2.09. The van der Waals surface area contributed by atoms with Gasteiger partial charge in [0.25, 0.3) is 5.56 Å². The van der Waals surface area contributed by atoms with E-state index in [0.717, 1.165) is 11.1 Å². The molecule has 0 aliphatic heterocycles. The van der Waals surface area contributed by atoms with Crippen LogP contribution in [-0.4, -0.2) is 20.2 Å². The molecule has 0 fully saturated rings. The molecule has 3 rings (SSSR count). The molecular formula is C16H13Cl2N5O. The third-order valence-electron chi connectivity index (χ3n) is 3.35. The van der Waals surface area contributed by atoms with Crippen LogP contribution >= 0.6 is 23.2 Å². The lowest BCUT2D eigenvalue weighted by molar-refractivity contribution is 0.859. The van der Waals surface area contributed by atoms with Crippen molar-refractivity contribution in [3.05, 3.63) is 79.9 Å². The lowest BCUT2D eigenvalue weighted by atomic mass is 10.1. The first-order chi connectivity index (χ1) is 11.6. The van der Waals surface area contributed by atoms with E-state index in [1.54, 1.807) is 30.6 Å². The topological polar surface area (TPSA) is 83.6 Å². The van der Waals surface area contributed by atoms with Gasteiger partial charge in [0.15, 0.2) is 0 Å². The van der Waals surface area contributed by atoms with E-state index in [2.05, 4.69) is 25.5 Å². The van der Waals surface area contributed by atoms with Gasteiger partial charge in [-0.05, 0) is 35.4 Å². The van der Waals surface area contributed by atoms with E-state index in [9.17, 15) is 4.79 Å². The van der Waals surface area contributed by atoms with E-state index in [-0.39, 0.29) is 17.7 Å². The van der Waals surface area contributed by atoms with Crippen molar-refractivity contribution < 1.29 is 0 Å². The maximum Gasteiger partial charge on any atom is 0.274 e. The third-order valence-corrected chi connectivity index (χ3v) is 3.93. The van der Waals surface area contributed by atoms with E-state index in [0.29, 0.717) is 22.5 Å². The molecule has 0 bridgehead atoms. The van der Waals surface area contributed by atoms with Crippen molar-refractivity contribution >= 4 is 29.2 Å². The van der Waals surface area contributed by atoms with Crippen LogP contribution in [0.5, 0.6) is 0 Å². The lowest BCUT2D eigenvalue weighted by Crippen LogP contribution is -2.20. The van der Waals surface area contributed by atoms with E-state index < -0.39 is 0 Å². The van der Waals surface area contributed by atoms with Gasteiger partial charge in [0.2, 0.25) is 5.95 Å². The lowest BCUT2D eigenvalue weighted by Gasteiger charge is -2.06. The summed E-state index contributed by atoms with van der Waals surface area (Å²) in [5.74, 6) is 0.308. The Kier molecular flexibility index (Phi) is 5.08. The Morgan fingerprint density at radius 1 is 1.08 bits per heavy atom. The highest BCUT2D eigenvalue weighted by Crippen LogP contribution is 2.22.